The summed E-state index contributed by atoms with van der Waals surface area (Å²) in [5.41, 5.74) is 2.67. The van der Waals surface area contributed by atoms with Crippen molar-refractivity contribution in [2.24, 2.45) is 4.99 Å². The van der Waals surface area contributed by atoms with Gasteiger partial charge in [-0.3, -0.25) is 4.79 Å². The fourth-order valence-electron chi connectivity index (χ4n) is 2.50. The molecule has 23 heavy (non-hydrogen) atoms. The van der Waals surface area contributed by atoms with Crippen molar-refractivity contribution < 1.29 is 4.79 Å². The number of rotatable bonds is 2. The van der Waals surface area contributed by atoms with Crippen molar-refractivity contribution in [3.05, 3.63) is 62.4 Å². The zero-order valence-electron chi connectivity index (χ0n) is 12.6. The second-order valence-electron chi connectivity index (χ2n) is 5.12. The Morgan fingerprint density at radius 1 is 1.17 bits per heavy atom. The maximum Gasteiger partial charge on any atom is 0.279 e. The Kier molecular flexibility index (Phi) is 4.57. The highest BCUT2D eigenvalue weighted by molar-refractivity contribution is 7.16. The predicted molar refractivity (Wildman–Crippen MR) is 96.6 cm³/mol. The quantitative estimate of drug-likeness (QED) is 0.624. The summed E-state index contributed by atoms with van der Waals surface area (Å²) in [6.07, 6.45) is 0. The van der Waals surface area contributed by atoms with E-state index >= 15 is 0 Å². The van der Waals surface area contributed by atoms with E-state index in [1.54, 1.807) is 24.3 Å². The van der Waals surface area contributed by atoms with E-state index in [4.69, 9.17) is 23.2 Å². The lowest BCUT2D eigenvalue weighted by Gasteiger charge is -2.04. The Hall–Kier alpha value is -1.62. The molecular weight excluding hydrogens is 351 g/mol. The topological polar surface area (TPSA) is 34.4 Å². The largest absolute Gasteiger partial charge is 0.316 e. The van der Waals surface area contributed by atoms with Crippen LogP contribution >= 0.6 is 34.5 Å². The number of carbonyl (C=O) groups excluding carboxylic acids is 1. The lowest BCUT2D eigenvalue weighted by Crippen LogP contribution is -2.16. The summed E-state index contributed by atoms with van der Waals surface area (Å²) < 4.78 is 3.07. The molecule has 0 N–H and O–H groups in total. The van der Waals surface area contributed by atoms with Crippen molar-refractivity contribution in [2.45, 2.75) is 20.4 Å². The van der Waals surface area contributed by atoms with Crippen LogP contribution in [0.1, 0.15) is 22.8 Å². The summed E-state index contributed by atoms with van der Waals surface area (Å²) in [7, 11) is 0. The molecule has 1 amide bonds. The van der Waals surface area contributed by atoms with Gasteiger partial charge in [-0.1, -0.05) is 34.5 Å². The number of benzene rings is 2. The van der Waals surface area contributed by atoms with Gasteiger partial charge in [0.2, 0.25) is 0 Å². The zero-order chi connectivity index (χ0) is 16.6. The molecule has 0 unspecified atom stereocenters. The molecule has 0 radical (unpaired) electrons. The molecule has 1 aromatic heterocycles. The third kappa shape index (κ3) is 3.20. The Balaban J connectivity index is 2.17. The summed E-state index contributed by atoms with van der Waals surface area (Å²) in [5.74, 6) is -0.279. The van der Waals surface area contributed by atoms with E-state index in [9.17, 15) is 4.79 Å². The zero-order valence-corrected chi connectivity index (χ0v) is 15.0. The number of aromatic nitrogens is 1. The first-order valence-corrected chi connectivity index (χ1v) is 8.71. The van der Waals surface area contributed by atoms with Gasteiger partial charge in [-0.2, -0.15) is 4.99 Å². The van der Waals surface area contributed by atoms with Crippen LogP contribution in [0, 0.1) is 6.92 Å². The number of nitrogens with zero attached hydrogens (tertiary/aromatic N) is 2. The van der Waals surface area contributed by atoms with E-state index < -0.39 is 0 Å². The Labute approximate surface area is 147 Å². The van der Waals surface area contributed by atoms with Crippen LogP contribution in [0.3, 0.4) is 0 Å². The third-order valence-electron chi connectivity index (χ3n) is 3.54. The van der Waals surface area contributed by atoms with Crippen LogP contribution in [-0.2, 0) is 6.54 Å². The molecule has 0 atom stereocenters. The second kappa shape index (κ2) is 6.48. The summed E-state index contributed by atoms with van der Waals surface area (Å²) in [4.78, 5) is 17.3. The van der Waals surface area contributed by atoms with Gasteiger partial charge in [0.1, 0.15) is 0 Å². The normalized spacial score (nSPS) is 12.1. The lowest BCUT2D eigenvalue weighted by molar-refractivity contribution is 0.0998. The number of hydrogen-bond acceptors (Lipinski definition) is 2. The minimum absolute atomic E-state index is 0.279. The molecule has 0 aliphatic carbocycles. The van der Waals surface area contributed by atoms with Gasteiger partial charge in [0.25, 0.3) is 5.91 Å². The third-order valence-corrected chi connectivity index (χ3v) is 5.03. The first kappa shape index (κ1) is 16.2. The summed E-state index contributed by atoms with van der Waals surface area (Å²) in [6.45, 7) is 4.78. The summed E-state index contributed by atoms with van der Waals surface area (Å²) >= 11 is 13.5. The van der Waals surface area contributed by atoms with Crippen LogP contribution in [0.15, 0.2) is 41.4 Å². The first-order valence-electron chi connectivity index (χ1n) is 7.13. The van der Waals surface area contributed by atoms with Crippen LogP contribution in [0.25, 0.3) is 10.2 Å². The molecule has 3 nitrogen and oxygen atoms in total. The van der Waals surface area contributed by atoms with E-state index in [0.29, 0.717) is 20.4 Å². The molecule has 3 rings (SSSR count). The van der Waals surface area contributed by atoms with Crippen LogP contribution < -0.4 is 4.80 Å². The molecule has 2 aromatic carbocycles. The highest BCUT2D eigenvalue weighted by Gasteiger charge is 2.11. The molecule has 0 saturated carbocycles. The van der Waals surface area contributed by atoms with Gasteiger partial charge in [-0.05, 0) is 55.8 Å². The fraction of sp³-hybridized carbons (Fsp3) is 0.176. The van der Waals surface area contributed by atoms with Crippen molar-refractivity contribution in [3.63, 3.8) is 0 Å². The number of halogens is 2. The average molecular weight is 365 g/mol. The van der Waals surface area contributed by atoms with Crippen LogP contribution in [0.5, 0.6) is 0 Å². The van der Waals surface area contributed by atoms with Crippen molar-refractivity contribution in [1.82, 2.24) is 4.57 Å². The van der Waals surface area contributed by atoms with Gasteiger partial charge in [-0.25, -0.2) is 0 Å². The van der Waals surface area contributed by atoms with E-state index in [0.717, 1.165) is 22.3 Å². The van der Waals surface area contributed by atoms with Crippen LogP contribution in [-0.4, -0.2) is 10.5 Å². The number of hydrogen-bond donors (Lipinski definition) is 0. The number of aryl methyl sites for hydroxylation is 2. The minimum Gasteiger partial charge on any atom is -0.316 e. The molecule has 118 valence electrons. The highest BCUT2D eigenvalue weighted by Crippen LogP contribution is 2.25. The molecule has 0 aliphatic rings. The molecular formula is C17H14Cl2N2OS. The highest BCUT2D eigenvalue weighted by atomic mass is 35.5. The second-order valence-corrected chi connectivity index (χ2v) is 7.00. The summed E-state index contributed by atoms with van der Waals surface area (Å²) in [5, 5.41) is 1.28. The number of fused-ring (bicyclic) bond motifs is 1. The van der Waals surface area contributed by atoms with Gasteiger partial charge >= 0.3 is 0 Å². The van der Waals surface area contributed by atoms with Crippen molar-refractivity contribution >= 4 is 50.7 Å². The molecule has 6 heteroatoms. The van der Waals surface area contributed by atoms with E-state index in [1.807, 2.05) is 30.5 Å². The fourth-order valence-corrected chi connectivity index (χ4v) is 4.17. The minimum atomic E-state index is -0.279. The first-order chi connectivity index (χ1) is 11.0. The molecule has 0 saturated heterocycles. The molecule has 0 spiro atoms. The van der Waals surface area contributed by atoms with E-state index in [1.165, 1.54) is 11.3 Å². The van der Waals surface area contributed by atoms with E-state index in [2.05, 4.69) is 4.99 Å². The maximum atomic E-state index is 12.4. The smallest absolute Gasteiger partial charge is 0.279 e. The van der Waals surface area contributed by atoms with Crippen LogP contribution in [0.2, 0.25) is 10.0 Å². The van der Waals surface area contributed by atoms with Gasteiger partial charge in [0.05, 0.1) is 10.2 Å². The molecule has 0 fully saturated rings. The van der Waals surface area contributed by atoms with Gasteiger partial charge < -0.3 is 4.57 Å². The van der Waals surface area contributed by atoms with Gasteiger partial charge in [0, 0.05) is 22.2 Å². The Bertz CT molecular complexity index is 955. The average Bonchev–Trinajstić information content (AvgIpc) is 2.85. The molecule has 0 bridgehead atoms. The van der Waals surface area contributed by atoms with Gasteiger partial charge in [-0.15, -0.1) is 0 Å². The number of thiazole rings is 1. The number of amides is 1. The van der Waals surface area contributed by atoms with E-state index in [-0.39, 0.29) is 5.91 Å². The van der Waals surface area contributed by atoms with Crippen LogP contribution in [0.4, 0.5) is 0 Å². The monoisotopic (exact) mass is 364 g/mol. The molecule has 0 aliphatic heterocycles. The maximum absolute atomic E-state index is 12.4. The summed E-state index contributed by atoms with van der Waals surface area (Å²) in [6, 6.07) is 10.6. The Morgan fingerprint density at radius 3 is 2.52 bits per heavy atom. The predicted octanol–water partition coefficient (Wildman–Crippen LogP) is 5.08. The molecule has 3 aromatic rings. The number of carbonyl (C=O) groups is 1. The standard InChI is InChI=1S/C17H14Cl2N2OS/c1-3-21-15-10(2)8-13(19)9-14(15)23-17(21)20-16(22)11-4-6-12(18)7-5-11/h4-9H,3H2,1-2H3. The van der Waals surface area contributed by atoms with Crippen molar-refractivity contribution in [1.29, 1.82) is 0 Å². The lowest BCUT2D eigenvalue weighted by atomic mass is 10.2. The molecule has 1 heterocycles. The van der Waals surface area contributed by atoms with Crippen molar-refractivity contribution in [2.75, 3.05) is 0 Å². The SMILES string of the molecule is CCn1c(=NC(=O)c2ccc(Cl)cc2)sc2cc(Cl)cc(C)c21. The van der Waals surface area contributed by atoms with Gasteiger partial charge in [0.15, 0.2) is 4.80 Å². The van der Waals surface area contributed by atoms with Crippen molar-refractivity contribution in [3.8, 4) is 0 Å². The Morgan fingerprint density at radius 2 is 1.87 bits per heavy atom.